The highest BCUT2D eigenvalue weighted by molar-refractivity contribution is 9.10. The van der Waals surface area contributed by atoms with E-state index >= 15 is 0 Å². The molecule has 0 aliphatic heterocycles. The number of nitrogens with zero attached hydrogens (tertiary/aromatic N) is 2. The van der Waals surface area contributed by atoms with Crippen LogP contribution in [0.25, 0.3) is 5.52 Å². The number of aromatic nitrogens is 2. The maximum atomic E-state index is 13.7. The van der Waals surface area contributed by atoms with Gasteiger partial charge >= 0.3 is 0 Å². The summed E-state index contributed by atoms with van der Waals surface area (Å²) in [5.74, 6) is 0.534. The number of carbonyl (C=O) groups is 1. The van der Waals surface area contributed by atoms with Gasteiger partial charge in [-0.1, -0.05) is 18.2 Å². The molecule has 0 aliphatic carbocycles. The van der Waals surface area contributed by atoms with Crippen molar-refractivity contribution in [3.63, 3.8) is 0 Å². The number of fused-ring (bicyclic) bond motifs is 1. The second kappa shape index (κ2) is 5.77. The van der Waals surface area contributed by atoms with Crippen LogP contribution < -0.4 is 0 Å². The Morgan fingerprint density at radius 2 is 2.00 bits per heavy atom. The van der Waals surface area contributed by atoms with E-state index in [-0.39, 0.29) is 5.82 Å². The molecule has 0 bridgehead atoms. The molecule has 5 heteroatoms. The van der Waals surface area contributed by atoms with E-state index in [0.717, 1.165) is 22.1 Å². The lowest BCUT2D eigenvalue weighted by molar-refractivity contribution is 0.112. The Balaban J connectivity index is 1.96. The smallest absolute Gasteiger partial charge is 0.170 e. The predicted octanol–water partition coefficient (Wildman–Crippen LogP) is 3.83. The minimum absolute atomic E-state index is 0.213. The zero-order valence-corrected chi connectivity index (χ0v) is 12.7. The molecular weight excluding hydrogens is 335 g/mol. The number of benzene rings is 1. The first-order valence-corrected chi connectivity index (χ1v) is 7.34. The number of carbonyl (C=O) groups excluding carboxylic acids is 1. The second-order valence-electron chi connectivity index (χ2n) is 4.70. The van der Waals surface area contributed by atoms with Crippen LogP contribution in [-0.2, 0) is 12.8 Å². The van der Waals surface area contributed by atoms with Crippen LogP contribution in [-0.4, -0.2) is 15.7 Å². The SMILES string of the molecule is O=Cc1nc(CCc2ccccc2F)n2cccc(Br)c12. The fraction of sp³-hybridized carbons (Fsp3) is 0.125. The number of hydrogen-bond donors (Lipinski definition) is 0. The molecule has 2 heterocycles. The fourth-order valence-corrected chi connectivity index (χ4v) is 2.94. The van der Waals surface area contributed by atoms with Gasteiger partial charge in [-0.25, -0.2) is 9.37 Å². The van der Waals surface area contributed by atoms with Crippen LogP contribution in [0.5, 0.6) is 0 Å². The number of imidazole rings is 1. The topological polar surface area (TPSA) is 34.4 Å². The summed E-state index contributed by atoms with van der Waals surface area (Å²) in [6, 6.07) is 10.4. The molecular formula is C16H12BrFN2O. The lowest BCUT2D eigenvalue weighted by Gasteiger charge is -2.03. The Bertz CT molecular complexity index is 813. The molecule has 2 aromatic heterocycles. The lowest BCUT2D eigenvalue weighted by atomic mass is 10.1. The molecule has 0 saturated heterocycles. The molecule has 3 nitrogen and oxygen atoms in total. The van der Waals surface area contributed by atoms with Crippen LogP contribution in [0.4, 0.5) is 4.39 Å². The summed E-state index contributed by atoms with van der Waals surface area (Å²) in [5.41, 5.74) is 1.79. The molecule has 106 valence electrons. The van der Waals surface area contributed by atoms with Gasteiger partial charge in [-0.3, -0.25) is 4.79 Å². The standard InChI is InChI=1S/C16H12BrFN2O/c17-12-5-3-9-20-15(19-14(10-21)16(12)20)8-7-11-4-1-2-6-13(11)18/h1-6,9-10H,7-8H2. The van der Waals surface area contributed by atoms with E-state index in [9.17, 15) is 9.18 Å². The van der Waals surface area contributed by atoms with E-state index in [1.54, 1.807) is 12.1 Å². The normalized spacial score (nSPS) is 11.0. The van der Waals surface area contributed by atoms with Gasteiger partial charge in [-0.2, -0.15) is 0 Å². The van der Waals surface area contributed by atoms with Gasteiger partial charge in [-0.05, 0) is 46.1 Å². The van der Waals surface area contributed by atoms with Crippen molar-refractivity contribution in [2.75, 3.05) is 0 Å². The maximum absolute atomic E-state index is 13.7. The highest BCUT2D eigenvalue weighted by Gasteiger charge is 2.13. The minimum atomic E-state index is -0.213. The van der Waals surface area contributed by atoms with E-state index in [0.29, 0.717) is 24.1 Å². The van der Waals surface area contributed by atoms with Crippen molar-refractivity contribution in [2.24, 2.45) is 0 Å². The third-order valence-electron chi connectivity index (χ3n) is 3.40. The zero-order valence-electron chi connectivity index (χ0n) is 11.1. The molecule has 21 heavy (non-hydrogen) atoms. The van der Waals surface area contributed by atoms with E-state index in [2.05, 4.69) is 20.9 Å². The Morgan fingerprint density at radius 3 is 2.76 bits per heavy atom. The van der Waals surface area contributed by atoms with Crippen molar-refractivity contribution >= 4 is 27.7 Å². The average molecular weight is 347 g/mol. The fourth-order valence-electron chi connectivity index (χ4n) is 2.39. The number of aldehydes is 1. The van der Waals surface area contributed by atoms with Crippen LogP contribution in [0.2, 0.25) is 0 Å². The summed E-state index contributed by atoms with van der Waals surface area (Å²) in [7, 11) is 0. The highest BCUT2D eigenvalue weighted by atomic mass is 79.9. The lowest BCUT2D eigenvalue weighted by Crippen LogP contribution is -1.99. The summed E-state index contributed by atoms with van der Waals surface area (Å²) in [6.07, 6.45) is 3.70. The van der Waals surface area contributed by atoms with E-state index in [1.807, 2.05) is 28.8 Å². The van der Waals surface area contributed by atoms with Crippen molar-refractivity contribution < 1.29 is 9.18 Å². The summed E-state index contributed by atoms with van der Waals surface area (Å²) in [5, 5.41) is 0. The van der Waals surface area contributed by atoms with Gasteiger partial charge in [-0.15, -0.1) is 0 Å². The Hall–Kier alpha value is -2.01. The molecule has 0 unspecified atom stereocenters. The number of hydrogen-bond acceptors (Lipinski definition) is 2. The van der Waals surface area contributed by atoms with Crippen molar-refractivity contribution in [3.8, 4) is 0 Å². The van der Waals surface area contributed by atoms with Crippen LogP contribution in [0.15, 0.2) is 47.1 Å². The van der Waals surface area contributed by atoms with Gasteiger partial charge in [0.2, 0.25) is 0 Å². The number of rotatable bonds is 4. The molecule has 0 amide bonds. The van der Waals surface area contributed by atoms with Gasteiger partial charge in [0.15, 0.2) is 6.29 Å². The minimum Gasteiger partial charge on any atom is -0.302 e. The number of halogens is 2. The van der Waals surface area contributed by atoms with Crippen molar-refractivity contribution in [2.45, 2.75) is 12.8 Å². The Kier molecular flexibility index (Phi) is 3.84. The summed E-state index contributed by atoms with van der Waals surface area (Å²) in [6.45, 7) is 0. The third kappa shape index (κ3) is 2.61. The largest absolute Gasteiger partial charge is 0.302 e. The Labute approximate surface area is 129 Å². The first kappa shape index (κ1) is 13.9. The van der Waals surface area contributed by atoms with Crippen LogP contribution >= 0.6 is 15.9 Å². The molecule has 3 aromatic rings. The maximum Gasteiger partial charge on any atom is 0.170 e. The molecule has 3 rings (SSSR count). The van der Waals surface area contributed by atoms with Gasteiger partial charge < -0.3 is 4.40 Å². The Morgan fingerprint density at radius 1 is 1.19 bits per heavy atom. The van der Waals surface area contributed by atoms with E-state index < -0.39 is 0 Å². The third-order valence-corrected chi connectivity index (χ3v) is 4.04. The quantitative estimate of drug-likeness (QED) is 0.672. The molecule has 0 radical (unpaired) electrons. The first-order chi connectivity index (χ1) is 10.2. The molecule has 1 aromatic carbocycles. The summed E-state index contributed by atoms with van der Waals surface area (Å²) in [4.78, 5) is 15.5. The van der Waals surface area contributed by atoms with Crippen LogP contribution in [0.3, 0.4) is 0 Å². The van der Waals surface area contributed by atoms with Crippen molar-refractivity contribution in [1.82, 2.24) is 9.38 Å². The van der Waals surface area contributed by atoms with Gasteiger partial charge in [0.1, 0.15) is 17.3 Å². The monoisotopic (exact) mass is 346 g/mol. The summed E-state index contributed by atoms with van der Waals surface area (Å²) < 4.78 is 16.3. The summed E-state index contributed by atoms with van der Waals surface area (Å²) >= 11 is 3.43. The highest BCUT2D eigenvalue weighted by Crippen LogP contribution is 2.22. The van der Waals surface area contributed by atoms with Gasteiger partial charge in [0.05, 0.1) is 5.52 Å². The second-order valence-corrected chi connectivity index (χ2v) is 5.55. The van der Waals surface area contributed by atoms with Crippen LogP contribution in [0, 0.1) is 5.82 Å². The molecule has 0 N–H and O–H groups in total. The molecule has 0 aliphatic rings. The van der Waals surface area contributed by atoms with Gasteiger partial charge in [0.25, 0.3) is 0 Å². The first-order valence-electron chi connectivity index (χ1n) is 6.54. The zero-order chi connectivity index (χ0) is 14.8. The predicted molar refractivity (Wildman–Crippen MR) is 82.1 cm³/mol. The van der Waals surface area contributed by atoms with Crippen molar-refractivity contribution in [1.29, 1.82) is 0 Å². The number of pyridine rings is 1. The molecule has 0 saturated carbocycles. The van der Waals surface area contributed by atoms with Gasteiger partial charge in [0, 0.05) is 17.1 Å². The average Bonchev–Trinajstić information content (AvgIpc) is 2.86. The van der Waals surface area contributed by atoms with Crippen LogP contribution in [0.1, 0.15) is 21.9 Å². The molecule has 0 spiro atoms. The van der Waals surface area contributed by atoms with E-state index in [4.69, 9.17) is 0 Å². The number of aryl methyl sites for hydroxylation is 2. The van der Waals surface area contributed by atoms with E-state index in [1.165, 1.54) is 6.07 Å². The molecule has 0 atom stereocenters. The molecule has 0 fully saturated rings. The van der Waals surface area contributed by atoms with Crippen molar-refractivity contribution in [3.05, 3.63) is 70.0 Å².